The highest BCUT2D eigenvalue weighted by Gasteiger charge is 2.32. The number of hydrogen-bond acceptors (Lipinski definition) is 3. The smallest absolute Gasteiger partial charge is 0.162 e. The van der Waals surface area contributed by atoms with Gasteiger partial charge in [0.1, 0.15) is 5.76 Å². The first-order chi connectivity index (χ1) is 5.14. The van der Waals surface area contributed by atoms with E-state index in [1.165, 1.54) is 0 Å². The summed E-state index contributed by atoms with van der Waals surface area (Å²) in [5.41, 5.74) is 5.51. The molecule has 11 heavy (non-hydrogen) atoms. The fourth-order valence-corrected chi connectivity index (χ4v) is 1.21. The zero-order valence-corrected chi connectivity index (χ0v) is 7.22. The number of nitrogens with zero attached hydrogens (tertiary/aromatic N) is 1. The van der Waals surface area contributed by atoms with Crippen molar-refractivity contribution >= 4 is 6.21 Å². The molecule has 0 fully saturated rings. The van der Waals surface area contributed by atoms with Crippen LogP contribution in [0.15, 0.2) is 16.6 Å². The van der Waals surface area contributed by atoms with Gasteiger partial charge in [-0.25, -0.2) is 4.99 Å². The lowest BCUT2D eigenvalue weighted by molar-refractivity contribution is 0.221. The van der Waals surface area contributed by atoms with Crippen LogP contribution in [0.25, 0.3) is 0 Å². The Balaban J connectivity index is 2.96. The van der Waals surface area contributed by atoms with Crippen LogP contribution in [0.2, 0.25) is 0 Å². The van der Waals surface area contributed by atoms with Gasteiger partial charge in [-0.2, -0.15) is 0 Å². The first-order valence-electron chi connectivity index (χ1n) is 3.73. The average molecular weight is 154 g/mol. The molecule has 0 aromatic heterocycles. The molecule has 1 aliphatic rings. The van der Waals surface area contributed by atoms with Crippen molar-refractivity contribution in [3.05, 3.63) is 11.6 Å². The Labute approximate surface area is 66.9 Å². The molecule has 0 radical (unpaired) electrons. The molecular weight excluding hydrogens is 140 g/mol. The number of rotatable bonds is 2. The van der Waals surface area contributed by atoms with E-state index >= 15 is 0 Å². The Morgan fingerprint density at radius 3 is 2.73 bits per heavy atom. The Morgan fingerprint density at radius 1 is 1.73 bits per heavy atom. The molecule has 0 saturated heterocycles. The molecule has 1 rings (SSSR count). The lowest BCUT2D eigenvalue weighted by Crippen LogP contribution is -2.19. The van der Waals surface area contributed by atoms with Crippen LogP contribution in [0.3, 0.4) is 0 Å². The molecule has 1 heterocycles. The molecule has 0 amide bonds. The van der Waals surface area contributed by atoms with Crippen molar-refractivity contribution in [3.63, 3.8) is 0 Å². The maximum atomic E-state index is 5.60. The van der Waals surface area contributed by atoms with E-state index in [9.17, 15) is 0 Å². The van der Waals surface area contributed by atoms with Gasteiger partial charge in [0.2, 0.25) is 0 Å². The van der Waals surface area contributed by atoms with Gasteiger partial charge in [-0.15, -0.1) is 0 Å². The summed E-state index contributed by atoms with van der Waals surface area (Å²) in [6, 6.07) is 0. The van der Waals surface area contributed by atoms with Gasteiger partial charge in [0, 0.05) is 6.21 Å². The lowest BCUT2D eigenvalue weighted by Gasteiger charge is -2.21. The highest BCUT2D eigenvalue weighted by Crippen LogP contribution is 2.34. The summed E-state index contributed by atoms with van der Waals surface area (Å²) >= 11 is 0. The Bertz CT molecular complexity index is 220. The van der Waals surface area contributed by atoms with Gasteiger partial charge < -0.3 is 10.5 Å². The molecule has 62 valence electrons. The van der Waals surface area contributed by atoms with Gasteiger partial charge in [0.25, 0.3) is 0 Å². The maximum Gasteiger partial charge on any atom is 0.162 e. The van der Waals surface area contributed by atoms with Crippen molar-refractivity contribution < 1.29 is 4.74 Å². The number of ether oxygens (including phenoxy) is 1. The summed E-state index contributed by atoms with van der Waals surface area (Å²) in [5, 5.41) is 0. The Kier molecular flexibility index (Phi) is 1.89. The highest BCUT2D eigenvalue weighted by molar-refractivity contribution is 5.74. The number of hydrogen-bond donors (Lipinski definition) is 1. The van der Waals surface area contributed by atoms with E-state index < -0.39 is 0 Å². The minimum Gasteiger partial charge on any atom is -0.496 e. The summed E-state index contributed by atoms with van der Waals surface area (Å²) in [5.74, 6) is 1.30. The SMILES string of the molecule is CCC1(C)C=NC(N)=C1OC. The molecule has 0 saturated carbocycles. The zero-order valence-electron chi connectivity index (χ0n) is 7.22. The fraction of sp³-hybridized carbons (Fsp3) is 0.625. The van der Waals surface area contributed by atoms with Crippen LogP contribution in [0, 0.1) is 5.41 Å². The van der Waals surface area contributed by atoms with Gasteiger partial charge in [-0.1, -0.05) is 6.92 Å². The zero-order chi connectivity index (χ0) is 8.48. The van der Waals surface area contributed by atoms with Gasteiger partial charge in [-0.05, 0) is 13.3 Å². The van der Waals surface area contributed by atoms with Crippen LogP contribution in [-0.4, -0.2) is 13.3 Å². The second-order valence-corrected chi connectivity index (χ2v) is 2.95. The number of nitrogens with two attached hydrogens (primary N) is 1. The summed E-state index contributed by atoms with van der Waals surface area (Å²) in [6.45, 7) is 4.15. The van der Waals surface area contributed by atoms with E-state index in [1.54, 1.807) is 7.11 Å². The molecule has 2 N–H and O–H groups in total. The molecule has 1 aliphatic heterocycles. The maximum absolute atomic E-state index is 5.60. The minimum absolute atomic E-state index is 0.0845. The van der Waals surface area contributed by atoms with Gasteiger partial charge in [0.15, 0.2) is 5.82 Å². The van der Waals surface area contributed by atoms with E-state index in [1.807, 2.05) is 6.21 Å². The van der Waals surface area contributed by atoms with Crippen molar-refractivity contribution in [2.24, 2.45) is 16.1 Å². The van der Waals surface area contributed by atoms with Crippen molar-refractivity contribution in [1.29, 1.82) is 0 Å². The van der Waals surface area contributed by atoms with Gasteiger partial charge in [-0.3, -0.25) is 0 Å². The lowest BCUT2D eigenvalue weighted by atomic mass is 9.88. The summed E-state index contributed by atoms with van der Waals surface area (Å²) in [6.07, 6.45) is 2.81. The van der Waals surface area contributed by atoms with E-state index in [4.69, 9.17) is 10.5 Å². The molecule has 0 bridgehead atoms. The van der Waals surface area contributed by atoms with Crippen molar-refractivity contribution in [1.82, 2.24) is 0 Å². The number of methoxy groups -OCH3 is 1. The van der Waals surface area contributed by atoms with Crippen LogP contribution in [0.4, 0.5) is 0 Å². The third-order valence-corrected chi connectivity index (χ3v) is 2.18. The average Bonchev–Trinajstić information content (AvgIpc) is 2.29. The van der Waals surface area contributed by atoms with Crippen molar-refractivity contribution in [2.75, 3.05) is 7.11 Å². The van der Waals surface area contributed by atoms with E-state index in [0.29, 0.717) is 5.82 Å². The third kappa shape index (κ3) is 1.11. The summed E-state index contributed by atoms with van der Waals surface area (Å²) in [4.78, 5) is 4.02. The third-order valence-electron chi connectivity index (χ3n) is 2.18. The van der Waals surface area contributed by atoms with Crippen LogP contribution >= 0.6 is 0 Å². The molecule has 0 aromatic carbocycles. The van der Waals surface area contributed by atoms with Crippen LogP contribution in [-0.2, 0) is 4.74 Å². The second-order valence-electron chi connectivity index (χ2n) is 2.95. The Hall–Kier alpha value is -0.990. The molecule has 0 aliphatic carbocycles. The molecule has 1 atom stereocenters. The van der Waals surface area contributed by atoms with Crippen molar-refractivity contribution in [2.45, 2.75) is 20.3 Å². The minimum atomic E-state index is -0.0845. The predicted molar refractivity (Wildman–Crippen MR) is 45.1 cm³/mol. The van der Waals surface area contributed by atoms with Crippen LogP contribution in [0.5, 0.6) is 0 Å². The second kappa shape index (κ2) is 2.57. The van der Waals surface area contributed by atoms with Gasteiger partial charge >= 0.3 is 0 Å². The normalized spacial score (nSPS) is 29.7. The van der Waals surface area contributed by atoms with Crippen LogP contribution < -0.4 is 5.73 Å². The quantitative estimate of drug-likeness (QED) is 0.651. The predicted octanol–water partition coefficient (Wildman–Crippen LogP) is 1.26. The van der Waals surface area contributed by atoms with E-state index in [2.05, 4.69) is 18.8 Å². The highest BCUT2D eigenvalue weighted by atomic mass is 16.5. The van der Waals surface area contributed by atoms with Crippen LogP contribution in [0.1, 0.15) is 20.3 Å². The largest absolute Gasteiger partial charge is 0.496 e. The Morgan fingerprint density at radius 2 is 2.36 bits per heavy atom. The van der Waals surface area contributed by atoms with Crippen molar-refractivity contribution in [3.8, 4) is 0 Å². The van der Waals surface area contributed by atoms with E-state index in [0.717, 1.165) is 12.2 Å². The monoisotopic (exact) mass is 154 g/mol. The topological polar surface area (TPSA) is 47.6 Å². The first-order valence-corrected chi connectivity index (χ1v) is 3.73. The fourth-order valence-electron chi connectivity index (χ4n) is 1.21. The molecule has 0 spiro atoms. The number of allylic oxidation sites excluding steroid dienone is 1. The standard InChI is InChI=1S/C8H14N2O/c1-4-8(2)5-10-7(9)6(8)11-3/h5H,4,9H2,1-3H3. The summed E-state index contributed by atoms with van der Waals surface area (Å²) < 4.78 is 5.16. The first kappa shape index (κ1) is 8.11. The molecule has 3 nitrogen and oxygen atoms in total. The molecule has 3 heteroatoms. The van der Waals surface area contributed by atoms with Gasteiger partial charge in [0.05, 0.1) is 12.5 Å². The number of aliphatic imine (C=N–C) groups is 1. The molecule has 0 aromatic rings. The summed E-state index contributed by atoms with van der Waals surface area (Å²) in [7, 11) is 1.63. The molecular formula is C8H14N2O. The van der Waals surface area contributed by atoms with E-state index in [-0.39, 0.29) is 5.41 Å². The molecule has 1 unspecified atom stereocenters.